The summed E-state index contributed by atoms with van der Waals surface area (Å²) < 4.78 is 0. The molecule has 1 aromatic carbocycles. The van der Waals surface area contributed by atoms with Crippen LogP contribution in [-0.4, -0.2) is 16.9 Å². The smallest absolute Gasteiger partial charge is 0.224 e. The van der Waals surface area contributed by atoms with E-state index in [1.807, 2.05) is 31.2 Å². The third kappa shape index (κ3) is 1.93. The lowest BCUT2D eigenvalue weighted by molar-refractivity contribution is -0.116. The third-order valence-corrected chi connectivity index (χ3v) is 2.97. The Morgan fingerprint density at radius 3 is 2.88 bits per heavy atom. The van der Waals surface area contributed by atoms with Crippen molar-refractivity contribution in [2.24, 2.45) is 0 Å². The van der Waals surface area contributed by atoms with E-state index in [1.54, 1.807) is 11.8 Å². The molecule has 3 nitrogen and oxygen atoms in total. The van der Waals surface area contributed by atoms with Crippen molar-refractivity contribution in [2.75, 3.05) is 10.2 Å². The number of carbonyl (C=O) groups excluding carboxylic acids is 1. The minimum atomic E-state index is 0.0476. The number of fused-ring (bicyclic) bond motifs is 1. The minimum absolute atomic E-state index is 0.0476. The molecule has 0 fully saturated rings. The zero-order valence-electron chi connectivity index (χ0n) is 9.36. The van der Waals surface area contributed by atoms with Crippen LogP contribution in [0.5, 0.6) is 0 Å². The van der Waals surface area contributed by atoms with E-state index in [2.05, 4.69) is 5.32 Å². The Morgan fingerprint density at radius 1 is 1.50 bits per heavy atom. The van der Waals surface area contributed by atoms with Gasteiger partial charge in [-0.05, 0) is 19.1 Å². The van der Waals surface area contributed by atoms with Crippen LogP contribution in [0.25, 0.3) is 0 Å². The topological polar surface area (TPSA) is 32.3 Å². The quantitative estimate of drug-likeness (QED) is 0.700. The monoisotopic (exact) mass is 234 g/mol. The molecule has 0 aromatic heterocycles. The van der Waals surface area contributed by atoms with Gasteiger partial charge in [0.15, 0.2) is 0 Å². The highest BCUT2D eigenvalue weighted by atomic mass is 32.1. The zero-order valence-corrected chi connectivity index (χ0v) is 10.2. The summed E-state index contributed by atoms with van der Waals surface area (Å²) in [7, 11) is 0. The van der Waals surface area contributed by atoms with Crippen LogP contribution < -0.4 is 10.2 Å². The van der Waals surface area contributed by atoms with Gasteiger partial charge in [0.05, 0.1) is 16.4 Å². The molecule has 4 heteroatoms. The minimum Gasteiger partial charge on any atom is -0.348 e. The fraction of sp³-hybridized carbons (Fsp3) is 0.333. The summed E-state index contributed by atoms with van der Waals surface area (Å²) in [6.07, 6.45) is 0.698. The lowest BCUT2D eigenvalue weighted by Gasteiger charge is -2.26. The van der Waals surface area contributed by atoms with E-state index >= 15 is 0 Å². The van der Waals surface area contributed by atoms with E-state index < -0.39 is 0 Å². The summed E-state index contributed by atoms with van der Waals surface area (Å²) in [5.41, 5.74) is 1.81. The Balaban J connectivity index is 2.53. The van der Waals surface area contributed by atoms with E-state index in [0.29, 0.717) is 6.42 Å². The molecule has 2 rings (SSSR count). The Morgan fingerprint density at radius 2 is 2.19 bits per heavy atom. The molecule has 0 saturated carbocycles. The van der Waals surface area contributed by atoms with Gasteiger partial charge in [-0.15, -0.1) is 0 Å². The van der Waals surface area contributed by atoms with Gasteiger partial charge >= 0.3 is 0 Å². The van der Waals surface area contributed by atoms with Gasteiger partial charge in [0.2, 0.25) is 5.91 Å². The van der Waals surface area contributed by atoms with Crippen LogP contribution in [0.3, 0.4) is 0 Å². The summed E-state index contributed by atoms with van der Waals surface area (Å²) in [4.78, 5) is 14.3. The summed E-state index contributed by atoms with van der Waals surface area (Å²) in [5, 5.41) is 3.18. The van der Waals surface area contributed by atoms with Crippen LogP contribution in [-0.2, 0) is 4.79 Å². The lowest BCUT2D eigenvalue weighted by Crippen LogP contribution is -2.37. The molecule has 1 aliphatic rings. The highest BCUT2D eigenvalue weighted by Gasteiger charge is 2.25. The van der Waals surface area contributed by atoms with Crippen molar-refractivity contribution in [3.63, 3.8) is 0 Å². The summed E-state index contributed by atoms with van der Waals surface area (Å²) >= 11 is 5.24. The molecule has 1 heterocycles. The number of amides is 1. The fourth-order valence-electron chi connectivity index (χ4n) is 2.07. The molecule has 0 bridgehead atoms. The van der Waals surface area contributed by atoms with Gasteiger partial charge in [-0.3, -0.25) is 4.79 Å². The maximum Gasteiger partial charge on any atom is 0.224 e. The highest BCUT2D eigenvalue weighted by molar-refractivity contribution is 7.80. The van der Waals surface area contributed by atoms with Crippen molar-refractivity contribution >= 4 is 34.5 Å². The lowest BCUT2D eigenvalue weighted by atomic mass is 10.2. The van der Waals surface area contributed by atoms with Gasteiger partial charge in [0.1, 0.15) is 0 Å². The first-order chi connectivity index (χ1) is 7.59. The predicted molar refractivity (Wildman–Crippen MR) is 69.9 cm³/mol. The second-order valence-corrected chi connectivity index (χ2v) is 4.50. The molecular weight excluding hydrogens is 220 g/mol. The van der Waals surface area contributed by atoms with Crippen LogP contribution in [0.1, 0.15) is 20.3 Å². The second-order valence-electron chi connectivity index (χ2n) is 4.01. The van der Waals surface area contributed by atoms with Gasteiger partial charge in [0, 0.05) is 19.4 Å². The number of anilines is 2. The number of hydrogen-bond acceptors (Lipinski definition) is 2. The van der Waals surface area contributed by atoms with E-state index in [1.165, 1.54) is 0 Å². The molecule has 0 spiro atoms. The van der Waals surface area contributed by atoms with E-state index in [-0.39, 0.29) is 11.9 Å². The number of rotatable bonds is 0. The average Bonchev–Trinajstić information content (AvgIpc) is 2.31. The standard InChI is InChI=1S/C12H14N2OS/c1-8-7-12(16)13-10-5-3-4-6-11(10)14(8)9(2)15/h3-6,8H,7H2,1-2H3,(H,13,16)/t8-/m0/s1. The van der Waals surface area contributed by atoms with Crippen LogP contribution in [0.4, 0.5) is 11.4 Å². The number of thiocarbonyl (C=S) groups is 1. The molecule has 1 aliphatic heterocycles. The van der Waals surface area contributed by atoms with Gasteiger partial charge < -0.3 is 10.2 Å². The number of para-hydroxylation sites is 2. The maximum atomic E-state index is 11.7. The first-order valence-corrected chi connectivity index (χ1v) is 5.69. The fourth-order valence-corrected chi connectivity index (χ4v) is 2.42. The SMILES string of the molecule is CC(=O)N1c2ccccc2NC(=S)C[C@@H]1C. The highest BCUT2D eigenvalue weighted by Crippen LogP contribution is 2.31. The predicted octanol–water partition coefficient (Wildman–Crippen LogP) is 2.57. The number of nitrogens with zero attached hydrogens (tertiary/aromatic N) is 1. The molecule has 16 heavy (non-hydrogen) atoms. The number of nitrogens with one attached hydrogen (secondary N) is 1. The van der Waals surface area contributed by atoms with Crippen LogP contribution in [0.2, 0.25) is 0 Å². The molecule has 1 atom stereocenters. The zero-order chi connectivity index (χ0) is 11.7. The summed E-state index contributed by atoms with van der Waals surface area (Å²) in [6.45, 7) is 3.60. The molecule has 0 radical (unpaired) electrons. The Labute approximate surface area is 100 Å². The molecule has 0 unspecified atom stereocenters. The average molecular weight is 234 g/mol. The number of hydrogen-bond donors (Lipinski definition) is 1. The van der Waals surface area contributed by atoms with E-state index in [0.717, 1.165) is 16.4 Å². The summed E-state index contributed by atoms with van der Waals surface area (Å²) in [6, 6.07) is 7.84. The Bertz CT molecular complexity index is 444. The first kappa shape index (κ1) is 11.1. The van der Waals surface area contributed by atoms with Crippen molar-refractivity contribution < 1.29 is 4.79 Å². The Kier molecular flexibility index (Phi) is 2.92. The molecule has 1 amide bonds. The number of benzene rings is 1. The Hall–Kier alpha value is -1.42. The molecule has 0 saturated heterocycles. The van der Waals surface area contributed by atoms with Crippen molar-refractivity contribution in [1.82, 2.24) is 0 Å². The van der Waals surface area contributed by atoms with Gasteiger partial charge in [-0.1, -0.05) is 24.4 Å². The van der Waals surface area contributed by atoms with Gasteiger partial charge in [-0.25, -0.2) is 0 Å². The second kappa shape index (κ2) is 4.22. The first-order valence-electron chi connectivity index (χ1n) is 5.28. The van der Waals surface area contributed by atoms with Crippen LogP contribution in [0, 0.1) is 0 Å². The summed E-state index contributed by atoms with van der Waals surface area (Å²) in [5.74, 6) is 0.0476. The molecular formula is C12H14N2OS. The number of carbonyl (C=O) groups is 1. The van der Waals surface area contributed by atoms with Crippen molar-refractivity contribution in [3.05, 3.63) is 24.3 Å². The molecule has 0 aliphatic carbocycles. The van der Waals surface area contributed by atoms with E-state index in [4.69, 9.17) is 12.2 Å². The van der Waals surface area contributed by atoms with Gasteiger partial charge in [-0.2, -0.15) is 0 Å². The largest absolute Gasteiger partial charge is 0.348 e. The van der Waals surface area contributed by atoms with Gasteiger partial charge in [0.25, 0.3) is 0 Å². The van der Waals surface area contributed by atoms with Crippen LogP contribution >= 0.6 is 12.2 Å². The van der Waals surface area contributed by atoms with Crippen molar-refractivity contribution in [3.8, 4) is 0 Å². The molecule has 1 N–H and O–H groups in total. The molecule has 1 aromatic rings. The molecule has 84 valence electrons. The van der Waals surface area contributed by atoms with Crippen molar-refractivity contribution in [1.29, 1.82) is 0 Å². The van der Waals surface area contributed by atoms with Crippen LogP contribution in [0.15, 0.2) is 24.3 Å². The maximum absolute atomic E-state index is 11.7. The normalized spacial score (nSPS) is 19.8. The van der Waals surface area contributed by atoms with E-state index in [9.17, 15) is 4.79 Å². The van der Waals surface area contributed by atoms with Crippen molar-refractivity contribution in [2.45, 2.75) is 26.3 Å². The third-order valence-electron chi connectivity index (χ3n) is 2.70.